The van der Waals surface area contributed by atoms with Gasteiger partial charge in [0.1, 0.15) is 17.3 Å². The molecule has 0 spiro atoms. The van der Waals surface area contributed by atoms with Crippen LogP contribution in [0.1, 0.15) is 43.9 Å². The van der Waals surface area contributed by atoms with Crippen LogP contribution in [0.25, 0.3) is 0 Å². The quantitative estimate of drug-likeness (QED) is 0.429. The zero-order chi connectivity index (χ0) is 23.8. The maximum Gasteiger partial charge on any atom is 0.330 e. The molecular weight excluding hydrogens is 424 g/mol. The minimum Gasteiger partial charge on any atom is -0.493 e. The first kappa shape index (κ1) is 23.9. The molecule has 3 N–H and O–H groups in total. The molecule has 9 heteroatoms. The lowest BCUT2D eigenvalue weighted by Gasteiger charge is -2.24. The van der Waals surface area contributed by atoms with E-state index in [9.17, 15) is 14.4 Å². The van der Waals surface area contributed by atoms with Crippen LogP contribution in [0.2, 0.25) is 0 Å². The Morgan fingerprint density at radius 1 is 1.18 bits per heavy atom. The predicted molar refractivity (Wildman–Crippen MR) is 126 cm³/mol. The largest absolute Gasteiger partial charge is 0.493 e. The normalized spacial score (nSPS) is 10.8. The van der Waals surface area contributed by atoms with Crippen molar-refractivity contribution in [2.45, 2.75) is 52.6 Å². The van der Waals surface area contributed by atoms with E-state index in [1.807, 2.05) is 38.1 Å². The highest BCUT2D eigenvalue weighted by Gasteiger charge is 2.25. The van der Waals surface area contributed by atoms with Gasteiger partial charge in [-0.25, -0.2) is 4.79 Å². The fourth-order valence-corrected chi connectivity index (χ4v) is 3.49. The maximum absolute atomic E-state index is 13.2. The van der Waals surface area contributed by atoms with Crippen LogP contribution < -0.4 is 26.6 Å². The van der Waals surface area contributed by atoms with Gasteiger partial charge in [0.05, 0.1) is 19.4 Å². The van der Waals surface area contributed by atoms with Crippen LogP contribution in [0.15, 0.2) is 56.7 Å². The van der Waals surface area contributed by atoms with Crippen molar-refractivity contribution in [3.63, 3.8) is 0 Å². The number of carbonyl (C=O) groups excluding carboxylic acids is 1. The first-order valence-electron chi connectivity index (χ1n) is 11.1. The molecule has 0 saturated heterocycles. The van der Waals surface area contributed by atoms with Crippen molar-refractivity contribution in [1.82, 2.24) is 9.55 Å². The van der Waals surface area contributed by atoms with Gasteiger partial charge >= 0.3 is 5.69 Å². The van der Waals surface area contributed by atoms with Crippen LogP contribution in [-0.4, -0.2) is 22.1 Å². The van der Waals surface area contributed by atoms with Crippen molar-refractivity contribution >= 4 is 17.4 Å². The van der Waals surface area contributed by atoms with E-state index in [4.69, 9.17) is 14.9 Å². The van der Waals surface area contributed by atoms with Gasteiger partial charge in [-0.05, 0) is 43.5 Å². The molecule has 2 aromatic heterocycles. The second-order valence-electron chi connectivity index (χ2n) is 7.78. The van der Waals surface area contributed by atoms with Gasteiger partial charge in [0.2, 0.25) is 5.91 Å². The van der Waals surface area contributed by atoms with Gasteiger partial charge in [-0.1, -0.05) is 31.5 Å². The van der Waals surface area contributed by atoms with Crippen molar-refractivity contribution in [3.8, 4) is 5.75 Å². The third-order valence-corrected chi connectivity index (χ3v) is 5.30. The summed E-state index contributed by atoms with van der Waals surface area (Å²) in [6.45, 7) is 4.64. The van der Waals surface area contributed by atoms with Crippen LogP contribution in [0, 0.1) is 6.92 Å². The number of nitrogens with one attached hydrogen (secondary N) is 1. The molecule has 0 fully saturated rings. The standard InChI is InChI=1S/C24H30N4O5/c1-3-4-13-27-22(25)21(23(30)26-24(27)31)28(16-18-10-7-14-32-18)20(29)12-8-15-33-19-11-6-5-9-17(19)2/h5-7,9-11,14H,3-4,8,12-13,15-16,25H2,1-2H3,(H,26,30,31). The number of para-hydroxylation sites is 1. The summed E-state index contributed by atoms with van der Waals surface area (Å²) in [6.07, 6.45) is 3.60. The van der Waals surface area contributed by atoms with Crippen LogP contribution in [-0.2, 0) is 17.9 Å². The monoisotopic (exact) mass is 454 g/mol. The number of aromatic amines is 1. The molecule has 0 aliphatic heterocycles. The number of furan rings is 1. The van der Waals surface area contributed by atoms with E-state index in [0.717, 1.165) is 17.7 Å². The summed E-state index contributed by atoms with van der Waals surface area (Å²) in [5.74, 6) is 0.900. The lowest BCUT2D eigenvalue weighted by Crippen LogP contribution is -2.41. The molecule has 0 saturated carbocycles. The summed E-state index contributed by atoms with van der Waals surface area (Å²) in [5.41, 5.74) is 5.90. The number of nitrogens with zero attached hydrogens (tertiary/aromatic N) is 2. The topological polar surface area (TPSA) is 124 Å². The van der Waals surface area contributed by atoms with E-state index in [1.165, 1.54) is 15.7 Å². The summed E-state index contributed by atoms with van der Waals surface area (Å²) >= 11 is 0. The van der Waals surface area contributed by atoms with Crippen molar-refractivity contribution in [2.24, 2.45) is 0 Å². The molecule has 0 radical (unpaired) electrons. The Bertz CT molecular complexity index is 1180. The molecule has 0 bridgehead atoms. The number of anilines is 2. The first-order valence-corrected chi connectivity index (χ1v) is 11.1. The number of unbranched alkanes of at least 4 members (excludes halogenated alkanes) is 1. The Balaban J connectivity index is 1.81. The second-order valence-corrected chi connectivity index (χ2v) is 7.78. The highest BCUT2D eigenvalue weighted by Crippen LogP contribution is 2.22. The molecular formula is C24H30N4O5. The SMILES string of the molecule is CCCCn1c(N)c(N(Cc2ccco2)C(=O)CCCOc2ccccc2C)c(=O)[nH]c1=O. The Hall–Kier alpha value is -3.75. The average molecular weight is 455 g/mol. The third-order valence-electron chi connectivity index (χ3n) is 5.30. The van der Waals surface area contributed by atoms with E-state index in [1.54, 1.807) is 12.1 Å². The van der Waals surface area contributed by atoms with Crippen LogP contribution >= 0.6 is 0 Å². The fourth-order valence-electron chi connectivity index (χ4n) is 3.49. The summed E-state index contributed by atoms with van der Waals surface area (Å²) < 4.78 is 12.5. The molecule has 0 aliphatic carbocycles. The maximum atomic E-state index is 13.2. The van der Waals surface area contributed by atoms with E-state index < -0.39 is 11.2 Å². The number of aromatic nitrogens is 2. The van der Waals surface area contributed by atoms with Crippen molar-refractivity contribution in [1.29, 1.82) is 0 Å². The minimum absolute atomic E-state index is 0.0176. The second kappa shape index (κ2) is 11.2. The number of benzene rings is 1. The van der Waals surface area contributed by atoms with Gasteiger partial charge in [-0.15, -0.1) is 0 Å². The number of aryl methyl sites for hydroxylation is 1. The van der Waals surface area contributed by atoms with E-state index >= 15 is 0 Å². The van der Waals surface area contributed by atoms with Crippen LogP contribution in [0.4, 0.5) is 11.5 Å². The number of H-pyrrole nitrogens is 1. The van der Waals surface area contributed by atoms with Crippen LogP contribution in [0.3, 0.4) is 0 Å². The van der Waals surface area contributed by atoms with E-state index in [-0.39, 0.29) is 30.4 Å². The predicted octanol–water partition coefficient (Wildman–Crippen LogP) is 3.21. The Morgan fingerprint density at radius 3 is 2.67 bits per heavy atom. The van der Waals surface area contributed by atoms with E-state index in [2.05, 4.69) is 4.98 Å². The van der Waals surface area contributed by atoms with Gasteiger partial charge < -0.3 is 14.9 Å². The highest BCUT2D eigenvalue weighted by atomic mass is 16.5. The molecule has 3 rings (SSSR count). The number of nitrogen functional groups attached to an aromatic ring is 1. The number of ether oxygens (including phenoxy) is 1. The van der Waals surface area contributed by atoms with Crippen molar-refractivity contribution in [3.05, 3.63) is 74.8 Å². The molecule has 176 valence electrons. The van der Waals surface area contributed by atoms with E-state index in [0.29, 0.717) is 31.8 Å². The van der Waals surface area contributed by atoms with Gasteiger partial charge in [-0.3, -0.25) is 24.0 Å². The smallest absolute Gasteiger partial charge is 0.330 e. The average Bonchev–Trinajstić information content (AvgIpc) is 3.30. The zero-order valence-corrected chi connectivity index (χ0v) is 19.0. The van der Waals surface area contributed by atoms with Crippen molar-refractivity contribution in [2.75, 3.05) is 17.2 Å². The summed E-state index contributed by atoms with van der Waals surface area (Å²) in [6, 6.07) is 11.1. The molecule has 0 unspecified atom stereocenters. The van der Waals surface area contributed by atoms with Gasteiger partial charge in [0, 0.05) is 13.0 Å². The Labute approximate surface area is 191 Å². The number of amides is 1. The zero-order valence-electron chi connectivity index (χ0n) is 19.0. The number of nitrogens with two attached hydrogens (primary N) is 1. The number of rotatable bonds is 11. The molecule has 0 aliphatic rings. The molecule has 1 amide bonds. The Kier molecular flexibility index (Phi) is 8.12. The summed E-state index contributed by atoms with van der Waals surface area (Å²) in [4.78, 5) is 41.8. The molecule has 2 heterocycles. The number of hydrogen-bond donors (Lipinski definition) is 2. The van der Waals surface area contributed by atoms with Crippen molar-refractivity contribution < 1.29 is 13.9 Å². The van der Waals surface area contributed by atoms with Gasteiger partial charge in [0.15, 0.2) is 5.69 Å². The first-order chi connectivity index (χ1) is 15.9. The molecule has 3 aromatic rings. The minimum atomic E-state index is -0.707. The summed E-state index contributed by atoms with van der Waals surface area (Å²) in [7, 11) is 0. The molecule has 9 nitrogen and oxygen atoms in total. The molecule has 1 aromatic carbocycles. The Morgan fingerprint density at radius 2 is 1.97 bits per heavy atom. The molecule has 0 atom stereocenters. The molecule has 33 heavy (non-hydrogen) atoms. The van der Waals surface area contributed by atoms with Gasteiger partial charge in [-0.2, -0.15) is 0 Å². The highest BCUT2D eigenvalue weighted by molar-refractivity contribution is 5.95. The fraction of sp³-hybridized carbons (Fsp3) is 0.375. The number of carbonyl (C=O) groups is 1. The van der Waals surface area contributed by atoms with Crippen LogP contribution in [0.5, 0.6) is 5.75 Å². The third kappa shape index (κ3) is 5.94. The number of hydrogen-bond acceptors (Lipinski definition) is 6. The lowest BCUT2D eigenvalue weighted by molar-refractivity contribution is -0.119. The lowest BCUT2D eigenvalue weighted by atomic mass is 10.2. The summed E-state index contributed by atoms with van der Waals surface area (Å²) in [5, 5.41) is 0. The van der Waals surface area contributed by atoms with Gasteiger partial charge in [0.25, 0.3) is 5.56 Å².